The Morgan fingerprint density at radius 3 is 3.32 bits per heavy atom. The quantitative estimate of drug-likeness (QED) is 0.875. The molecule has 1 unspecified atom stereocenters. The van der Waals surface area contributed by atoms with Crippen molar-refractivity contribution in [1.82, 2.24) is 20.4 Å². The van der Waals surface area contributed by atoms with Crippen LogP contribution in [0.5, 0.6) is 0 Å². The minimum atomic E-state index is 0.307. The van der Waals surface area contributed by atoms with Gasteiger partial charge >= 0.3 is 0 Å². The molecule has 0 fully saturated rings. The third-order valence-corrected chi connectivity index (χ3v) is 3.53. The summed E-state index contributed by atoms with van der Waals surface area (Å²) < 4.78 is 5.19. The molecule has 0 saturated carbocycles. The van der Waals surface area contributed by atoms with Gasteiger partial charge < -0.3 is 15.0 Å². The molecule has 2 N–H and O–H groups in total. The van der Waals surface area contributed by atoms with E-state index in [9.17, 15) is 0 Å². The normalized spacial score (nSPS) is 18.8. The van der Waals surface area contributed by atoms with Gasteiger partial charge in [0.2, 0.25) is 0 Å². The molecule has 0 saturated heterocycles. The van der Waals surface area contributed by atoms with Gasteiger partial charge in [0.25, 0.3) is 0 Å². The molecule has 0 spiro atoms. The highest BCUT2D eigenvalue weighted by Gasteiger charge is 2.21. The number of hydrogen-bond donors (Lipinski definition) is 2. The lowest BCUT2D eigenvalue weighted by Crippen LogP contribution is -2.37. The highest BCUT2D eigenvalue weighted by Crippen LogP contribution is 2.28. The maximum absolute atomic E-state index is 5.19. The fraction of sp³-hybridized carbons (Fsp3) is 0.357. The smallest absolute Gasteiger partial charge is 0.0718 e. The predicted octanol–water partition coefficient (Wildman–Crippen LogP) is 1.63. The van der Waals surface area contributed by atoms with Crippen molar-refractivity contribution in [3.8, 4) is 0 Å². The zero-order valence-electron chi connectivity index (χ0n) is 11.0. The Bertz CT molecular complexity index is 578. The number of methoxy groups -OCH3 is 1. The molecule has 0 amide bonds. The van der Waals surface area contributed by atoms with E-state index in [4.69, 9.17) is 4.74 Å². The Kier molecular flexibility index (Phi) is 3.37. The highest BCUT2D eigenvalue weighted by atomic mass is 16.5. The Labute approximate surface area is 112 Å². The summed E-state index contributed by atoms with van der Waals surface area (Å²) in [6, 6.07) is 6.60. The molecule has 1 atom stereocenters. The molecule has 5 nitrogen and oxygen atoms in total. The average Bonchev–Trinajstić information content (AvgIpc) is 2.94. The topological polar surface area (TPSA) is 53.2 Å². The third kappa shape index (κ3) is 2.29. The van der Waals surface area contributed by atoms with Gasteiger partial charge in [-0.25, -0.2) is 0 Å². The van der Waals surface area contributed by atoms with Crippen molar-refractivity contribution < 1.29 is 4.74 Å². The standard InChI is InChI=1S/C14H18N4O/c1-19-8-7-18-6-5-15-10-14(18)11-3-2-4-13-12(11)9-16-17-13/h2-6,9,14-15H,7-8,10H2,1H3,(H,16,17). The number of fused-ring (bicyclic) bond motifs is 1. The van der Waals surface area contributed by atoms with E-state index in [0.717, 1.165) is 25.2 Å². The van der Waals surface area contributed by atoms with Crippen LogP contribution in [0, 0.1) is 0 Å². The number of hydrogen-bond acceptors (Lipinski definition) is 4. The summed E-state index contributed by atoms with van der Waals surface area (Å²) in [6.07, 6.45) is 5.98. The van der Waals surface area contributed by atoms with Gasteiger partial charge in [0.1, 0.15) is 0 Å². The van der Waals surface area contributed by atoms with Gasteiger partial charge in [0.15, 0.2) is 0 Å². The first-order valence-electron chi connectivity index (χ1n) is 6.47. The van der Waals surface area contributed by atoms with Gasteiger partial charge in [0.05, 0.1) is 24.4 Å². The summed E-state index contributed by atoms with van der Waals surface area (Å²) >= 11 is 0. The second kappa shape index (κ2) is 5.32. The molecule has 2 aromatic rings. The van der Waals surface area contributed by atoms with E-state index in [2.05, 4.69) is 44.8 Å². The molecule has 0 radical (unpaired) electrons. The summed E-state index contributed by atoms with van der Waals surface area (Å²) in [4.78, 5) is 2.31. The van der Waals surface area contributed by atoms with Crippen molar-refractivity contribution in [2.45, 2.75) is 6.04 Å². The molecule has 3 rings (SSSR count). The number of aromatic nitrogens is 2. The molecule has 0 bridgehead atoms. The number of rotatable bonds is 4. The first-order valence-corrected chi connectivity index (χ1v) is 6.47. The fourth-order valence-corrected chi connectivity index (χ4v) is 2.55. The van der Waals surface area contributed by atoms with Gasteiger partial charge in [-0.3, -0.25) is 5.10 Å². The van der Waals surface area contributed by atoms with Crippen LogP contribution in [0.25, 0.3) is 10.9 Å². The molecule has 2 heterocycles. The molecule has 1 aliphatic heterocycles. The first kappa shape index (κ1) is 12.0. The molecule has 1 aromatic carbocycles. The average molecular weight is 258 g/mol. The van der Waals surface area contributed by atoms with Crippen LogP contribution in [0.4, 0.5) is 0 Å². The van der Waals surface area contributed by atoms with Gasteiger partial charge in [-0.05, 0) is 11.6 Å². The number of aromatic amines is 1. The van der Waals surface area contributed by atoms with Gasteiger partial charge in [-0.15, -0.1) is 0 Å². The third-order valence-electron chi connectivity index (χ3n) is 3.53. The molecule has 5 heteroatoms. The number of ether oxygens (including phenoxy) is 1. The van der Waals surface area contributed by atoms with Crippen molar-refractivity contribution in [3.63, 3.8) is 0 Å². The zero-order valence-corrected chi connectivity index (χ0v) is 11.0. The maximum Gasteiger partial charge on any atom is 0.0718 e. The van der Waals surface area contributed by atoms with E-state index in [0.29, 0.717) is 6.04 Å². The minimum Gasteiger partial charge on any atom is -0.387 e. The summed E-state index contributed by atoms with van der Waals surface area (Å²) in [5, 5.41) is 11.7. The van der Waals surface area contributed by atoms with Crippen molar-refractivity contribution in [1.29, 1.82) is 0 Å². The summed E-state index contributed by atoms with van der Waals surface area (Å²) in [5.74, 6) is 0. The van der Waals surface area contributed by atoms with Crippen LogP contribution in [-0.4, -0.2) is 41.9 Å². The molecular weight excluding hydrogens is 240 g/mol. The monoisotopic (exact) mass is 258 g/mol. The Morgan fingerprint density at radius 1 is 1.47 bits per heavy atom. The number of benzene rings is 1. The lowest BCUT2D eigenvalue weighted by atomic mass is 10.0. The van der Waals surface area contributed by atoms with Crippen LogP contribution in [0.2, 0.25) is 0 Å². The SMILES string of the molecule is COCCN1C=CNCC1c1cccc2[nH]ncc12. The van der Waals surface area contributed by atoms with Crippen LogP contribution in [0.1, 0.15) is 11.6 Å². The number of nitrogens with zero attached hydrogens (tertiary/aromatic N) is 2. The first-order chi connectivity index (χ1) is 9.40. The maximum atomic E-state index is 5.19. The molecule has 1 aliphatic rings. The summed E-state index contributed by atoms with van der Waals surface area (Å²) in [6.45, 7) is 2.50. The lowest BCUT2D eigenvalue weighted by Gasteiger charge is -2.34. The van der Waals surface area contributed by atoms with E-state index in [1.54, 1.807) is 7.11 Å². The van der Waals surface area contributed by atoms with E-state index in [-0.39, 0.29) is 0 Å². The van der Waals surface area contributed by atoms with Crippen molar-refractivity contribution in [2.75, 3.05) is 26.8 Å². The number of nitrogens with one attached hydrogen (secondary N) is 2. The van der Waals surface area contributed by atoms with Crippen LogP contribution >= 0.6 is 0 Å². The minimum absolute atomic E-state index is 0.307. The largest absolute Gasteiger partial charge is 0.387 e. The van der Waals surface area contributed by atoms with Crippen LogP contribution in [-0.2, 0) is 4.74 Å². The Hall–Kier alpha value is -2.01. The van der Waals surface area contributed by atoms with Crippen LogP contribution < -0.4 is 5.32 Å². The van der Waals surface area contributed by atoms with E-state index < -0.39 is 0 Å². The second-order valence-corrected chi connectivity index (χ2v) is 4.65. The Balaban J connectivity index is 1.94. The molecule has 19 heavy (non-hydrogen) atoms. The lowest BCUT2D eigenvalue weighted by molar-refractivity contribution is 0.147. The molecule has 100 valence electrons. The van der Waals surface area contributed by atoms with E-state index in [1.807, 2.05) is 12.4 Å². The molecule has 1 aromatic heterocycles. The van der Waals surface area contributed by atoms with Gasteiger partial charge in [-0.1, -0.05) is 12.1 Å². The van der Waals surface area contributed by atoms with Crippen molar-refractivity contribution >= 4 is 10.9 Å². The molecule has 0 aliphatic carbocycles. The predicted molar refractivity (Wildman–Crippen MR) is 74.6 cm³/mol. The zero-order chi connectivity index (χ0) is 13.1. The highest BCUT2D eigenvalue weighted by molar-refractivity contribution is 5.82. The van der Waals surface area contributed by atoms with Crippen molar-refractivity contribution in [2.24, 2.45) is 0 Å². The van der Waals surface area contributed by atoms with Crippen LogP contribution in [0.15, 0.2) is 36.8 Å². The van der Waals surface area contributed by atoms with Gasteiger partial charge in [-0.2, -0.15) is 5.10 Å². The van der Waals surface area contributed by atoms with Crippen molar-refractivity contribution in [3.05, 3.63) is 42.4 Å². The molecular formula is C14H18N4O. The van der Waals surface area contributed by atoms with Gasteiger partial charge in [0, 0.05) is 38.0 Å². The second-order valence-electron chi connectivity index (χ2n) is 4.65. The Morgan fingerprint density at radius 2 is 2.42 bits per heavy atom. The summed E-state index contributed by atoms with van der Waals surface area (Å²) in [7, 11) is 1.73. The van der Waals surface area contributed by atoms with E-state index >= 15 is 0 Å². The van der Waals surface area contributed by atoms with E-state index in [1.165, 1.54) is 10.9 Å². The number of H-pyrrole nitrogens is 1. The summed E-state index contributed by atoms with van der Waals surface area (Å²) in [5.41, 5.74) is 2.37. The fourth-order valence-electron chi connectivity index (χ4n) is 2.55. The van der Waals surface area contributed by atoms with Crippen LogP contribution in [0.3, 0.4) is 0 Å².